The summed E-state index contributed by atoms with van der Waals surface area (Å²) in [5.74, 6) is -0.269. The number of alkyl halides is 3. The zero-order valence-electron chi connectivity index (χ0n) is 7.86. The third kappa shape index (κ3) is 2.54. The van der Waals surface area contributed by atoms with E-state index in [1.54, 1.807) is 0 Å². The second-order valence-corrected chi connectivity index (χ2v) is 3.28. The summed E-state index contributed by atoms with van der Waals surface area (Å²) in [6.07, 6.45) is -4.50. The molecular weight excluding hydrogens is 231 g/mol. The third-order valence-electron chi connectivity index (χ3n) is 1.86. The quantitative estimate of drug-likeness (QED) is 0.861. The molecule has 0 radical (unpaired) electrons. The second-order valence-electron chi connectivity index (χ2n) is 2.85. The van der Waals surface area contributed by atoms with Crippen LogP contribution in [0.25, 0.3) is 0 Å². The summed E-state index contributed by atoms with van der Waals surface area (Å²) in [7, 11) is 1.16. The topological polar surface area (TPSA) is 35.2 Å². The minimum absolute atomic E-state index is 0.0106. The summed E-state index contributed by atoms with van der Waals surface area (Å²) in [5.41, 5.74) is 4.63. The van der Waals surface area contributed by atoms with Crippen molar-refractivity contribution in [2.24, 2.45) is 5.73 Å². The molecule has 1 aromatic rings. The molecule has 0 saturated carbocycles. The van der Waals surface area contributed by atoms with Crippen molar-refractivity contribution >= 4 is 11.6 Å². The largest absolute Gasteiger partial charge is 0.496 e. The fourth-order valence-electron chi connectivity index (χ4n) is 1.25. The Bertz CT molecular complexity index is 365. The van der Waals surface area contributed by atoms with Gasteiger partial charge in [0.1, 0.15) is 5.75 Å². The van der Waals surface area contributed by atoms with E-state index >= 15 is 0 Å². The lowest BCUT2D eigenvalue weighted by Gasteiger charge is -2.15. The van der Waals surface area contributed by atoms with Crippen LogP contribution in [0.2, 0.25) is 5.02 Å². The van der Waals surface area contributed by atoms with Gasteiger partial charge >= 0.3 is 6.18 Å². The van der Waals surface area contributed by atoms with Crippen LogP contribution in [0.5, 0.6) is 5.75 Å². The van der Waals surface area contributed by atoms with Crippen LogP contribution in [0.4, 0.5) is 13.2 Å². The van der Waals surface area contributed by atoms with Gasteiger partial charge in [-0.25, -0.2) is 0 Å². The molecule has 0 amide bonds. The minimum Gasteiger partial charge on any atom is -0.496 e. The molecule has 0 aliphatic rings. The van der Waals surface area contributed by atoms with Crippen molar-refractivity contribution in [2.75, 3.05) is 7.11 Å². The number of hydrogen-bond acceptors (Lipinski definition) is 2. The molecule has 84 valence electrons. The number of ether oxygens (including phenoxy) is 1. The van der Waals surface area contributed by atoms with Gasteiger partial charge in [-0.1, -0.05) is 11.6 Å². The SMILES string of the molecule is COc1c(CN)cc(Cl)cc1C(F)(F)F. The molecule has 6 heteroatoms. The maximum absolute atomic E-state index is 12.6. The Balaban J connectivity index is 3.42. The Labute approximate surface area is 89.8 Å². The average Bonchev–Trinajstić information content (AvgIpc) is 2.15. The van der Waals surface area contributed by atoms with Gasteiger partial charge < -0.3 is 10.5 Å². The van der Waals surface area contributed by atoms with Crippen LogP contribution in [0.1, 0.15) is 11.1 Å². The van der Waals surface area contributed by atoms with E-state index in [0.29, 0.717) is 0 Å². The lowest BCUT2D eigenvalue weighted by Crippen LogP contribution is -2.11. The molecule has 0 atom stereocenters. The van der Waals surface area contributed by atoms with Crippen LogP contribution < -0.4 is 10.5 Å². The van der Waals surface area contributed by atoms with Crippen molar-refractivity contribution in [1.29, 1.82) is 0 Å². The number of rotatable bonds is 2. The fraction of sp³-hybridized carbons (Fsp3) is 0.333. The van der Waals surface area contributed by atoms with Gasteiger partial charge in [-0.05, 0) is 12.1 Å². The van der Waals surface area contributed by atoms with Gasteiger partial charge in [0.2, 0.25) is 0 Å². The van der Waals surface area contributed by atoms with Gasteiger partial charge in [0.25, 0.3) is 0 Å². The van der Waals surface area contributed by atoms with E-state index in [2.05, 4.69) is 0 Å². The minimum atomic E-state index is -4.50. The van der Waals surface area contributed by atoms with Crippen LogP contribution in [0.15, 0.2) is 12.1 Å². The highest BCUT2D eigenvalue weighted by Gasteiger charge is 2.35. The zero-order chi connectivity index (χ0) is 11.6. The lowest BCUT2D eigenvalue weighted by molar-refractivity contribution is -0.138. The van der Waals surface area contributed by atoms with Gasteiger partial charge in [-0.3, -0.25) is 0 Å². The zero-order valence-corrected chi connectivity index (χ0v) is 8.62. The monoisotopic (exact) mass is 239 g/mol. The normalized spacial score (nSPS) is 11.6. The molecule has 15 heavy (non-hydrogen) atoms. The molecule has 2 N–H and O–H groups in total. The van der Waals surface area contributed by atoms with Crippen molar-refractivity contribution in [2.45, 2.75) is 12.7 Å². The number of hydrogen-bond donors (Lipinski definition) is 1. The fourth-order valence-corrected chi connectivity index (χ4v) is 1.49. The second kappa shape index (κ2) is 4.28. The molecule has 0 unspecified atom stereocenters. The smallest absolute Gasteiger partial charge is 0.420 e. The Morgan fingerprint density at radius 1 is 1.40 bits per heavy atom. The highest BCUT2D eigenvalue weighted by Crippen LogP contribution is 2.39. The predicted molar refractivity (Wildman–Crippen MR) is 50.9 cm³/mol. The highest BCUT2D eigenvalue weighted by atomic mass is 35.5. The first kappa shape index (κ1) is 12.1. The molecule has 0 heterocycles. The van der Waals surface area contributed by atoms with Gasteiger partial charge in [0.15, 0.2) is 0 Å². The molecule has 0 aliphatic heterocycles. The molecule has 0 saturated heterocycles. The van der Waals surface area contributed by atoms with Gasteiger partial charge in [-0.2, -0.15) is 13.2 Å². The number of halogens is 4. The summed E-state index contributed by atoms with van der Waals surface area (Å²) >= 11 is 5.55. The first-order valence-electron chi connectivity index (χ1n) is 4.03. The molecule has 0 fully saturated rings. The summed E-state index contributed by atoms with van der Waals surface area (Å²) < 4.78 is 42.3. The van der Waals surface area contributed by atoms with Crippen molar-refractivity contribution in [3.05, 3.63) is 28.3 Å². The number of methoxy groups -OCH3 is 1. The van der Waals surface area contributed by atoms with Crippen molar-refractivity contribution in [3.63, 3.8) is 0 Å². The van der Waals surface area contributed by atoms with Crippen LogP contribution >= 0.6 is 11.6 Å². The Hall–Kier alpha value is -0.940. The Morgan fingerprint density at radius 3 is 2.40 bits per heavy atom. The van der Waals surface area contributed by atoms with Crippen LogP contribution in [0.3, 0.4) is 0 Å². The van der Waals surface area contributed by atoms with Crippen LogP contribution in [0, 0.1) is 0 Å². The van der Waals surface area contributed by atoms with E-state index < -0.39 is 11.7 Å². The molecule has 0 bridgehead atoms. The van der Waals surface area contributed by atoms with Crippen molar-refractivity contribution < 1.29 is 17.9 Å². The summed E-state index contributed by atoms with van der Waals surface area (Å²) in [6, 6.07) is 2.18. The van der Waals surface area contributed by atoms with Gasteiger partial charge in [-0.15, -0.1) is 0 Å². The van der Waals surface area contributed by atoms with E-state index in [0.717, 1.165) is 13.2 Å². The summed E-state index contributed by atoms with van der Waals surface area (Å²) in [4.78, 5) is 0. The van der Waals surface area contributed by atoms with Crippen LogP contribution in [-0.4, -0.2) is 7.11 Å². The highest BCUT2D eigenvalue weighted by molar-refractivity contribution is 6.30. The predicted octanol–water partition coefficient (Wildman–Crippen LogP) is 2.83. The molecule has 0 aliphatic carbocycles. The standard InChI is InChI=1S/C9H9ClF3NO/c1-15-8-5(4-14)2-6(10)3-7(8)9(11,12)13/h2-3H,4,14H2,1H3. The molecule has 0 spiro atoms. The van der Waals surface area contributed by atoms with Gasteiger partial charge in [0, 0.05) is 17.1 Å². The molecule has 2 nitrogen and oxygen atoms in total. The number of nitrogens with two attached hydrogens (primary N) is 1. The first-order chi connectivity index (χ1) is 6.90. The van der Waals surface area contributed by atoms with E-state index in [1.165, 1.54) is 6.07 Å². The summed E-state index contributed by atoms with van der Waals surface area (Å²) in [6.45, 7) is -0.0627. The molecule has 0 aromatic heterocycles. The third-order valence-corrected chi connectivity index (χ3v) is 2.08. The van der Waals surface area contributed by atoms with E-state index in [-0.39, 0.29) is 22.9 Å². The van der Waals surface area contributed by atoms with Crippen molar-refractivity contribution in [3.8, 4) is 5.75 Å². The summed E-state index contributed by atoms with van der Waals surface area (Å²) in [5, 5.41) is -0.0106. The molecular formula is C9H9ClF3NO. The maximum atomic E-state index is 12.6. The van der Waals surface area contributed by atoms with Crippen molar-refractivity contribution in [1.82, 2.24) is 0 Å². The maximum Gasteiger partial charge on any atom is 0.420 e. The number of benzene rings is 1. The van der Waals surface area contributed by atoms with E-state index in [9.17, 15) is 13.2 Å². The Morgan fingerprint density at radius 2 is 2.00 bits per heavy atom. The van der Waals surface area contributed by atoms with Crippen LogP contribution in [-0.2, 0) is 12.7 Å². The first-order valence-corrected chi connectivity index (χ1v) is 4.41. The Kier molecular flexibility index (Phi) is 3.46. The van der Waals surface area contributed by atoms with E-state index in [4.69, 9.17) is 22.1 Å². The van der Waals surface area contributed by atoms with Gasteiger partial charge in [0.05, 0.1) is 12.7 Å². The molecule has 1 rings (SSSR count). The molecule has 1 aromatic carbocycles. The van der Waals surface area contributed by atoms with E-state index in [1.807, 2.05) is 0 Å². The average molecular weight is 240 g/mol. The lowest BCUT2D eigenvalue weighted by atomic mass is 10.1.